The third-order valence-electron chi connectivity index (χ3n) is 2.99. The Morgan fingerprint density at radius 2 is 1.33 bits per heavy atom. The maximum Gasteiger partial charge on any atom is 0.0356 e. The summed E-state index contributed by atoms with van der Waals surface area (Å²) in [4.78, 5) is 0. The van der Waals surface area contributed by atoms with Crippen molar-refractivity contribution in [1.29, 1.82) is 0 Å². The average Bonchev–Trinajstić information content (AvgIpc) is 2.08. The van der Waals surface area contributed by atoms with Gasteiger partial charge in [-0.3, -0.25) is 0 Å². The van der Waals surface area contributed by atoms with Crippen LogP contribution in [0.5, 0.6) is 0 Å². The molecule has 0 heterocycles. The van der Waals surface area contributed by atoms with E-state index in [4.69, 9.17) is 22.9 Å². The van der Waals surface area contributed by atoms with Gasteiger partial charge in [0.2, 0.25) is 0 Å². The quantitative estimate of drug-likeness (QED) is 0.338. The maximum absolute atomic E-state index is 5.93. The second-order valence-corrected chi connectivity index (χ2v) is 4.52. The molecule has 1 aliphatic rings. The van der Waals surface area contributed by atoms with Gasteiger partial charge in [0, 0.05) is 29.8 Å². The van der Waals surface area contributed by atoms with Gasteiger partial charge < -0.3 is 22.9 Å². The molecule has 4 nitrogen and oxygen atoms in total. The van der Waals surface area contributed by atoms with E-state index in [0.717, 1.165) is 0 Å². The molecule has 0 saturated heterocycles. The van der Waals surface area contributed by atoms with Gasteiger partial charge in [-0.1, -0.05) is 6.92 Å². The summed E-state index contributed by atoms with van der Waals surface area (Å²) in [6, 6.07) is -0.273. The summed E-state index contributed by atoms with van der Waals surface area (Å²) in [6.07, 6.45) is 0. The average molecular weight is 190 g/mol. The van der Waals surface area contributed by atoms with Crippen molar-refractivity contribution in [3.63, 3.8) is 0 Å². The molecule has 1 rings (SSSR count). The minimum absolute atomic E-state index is 0.0415. The molecular formula is C7H19N4P. The third kappa shape index (κ3) is 1.50. The minimum atomic E-state index is -0.137. The van der Waals surface area contributed by atoms with Crippen LogP contribution in [-0.2, 0) is 0 Å². The number of hydrogen-bond donors (Lipinski definition) is 4. The first kappa shape index (κ1) is 10.4. The van der Waals surface area contributed by atoms with Crippen LogP contribution in [0.2, 0.25) is 0 Å². The van der Waals surface area contributed by atoms with E-state index < -0.39 is 0 Å². The van der Waals surface area contributed by atoms with E-state index in [0.29, 0.717) is 0 Å². The maximum atomic E-state index is 5.93. The monoisotopic (exact) mass is 190 g/mol. The molecule has 0 bridgehead atoms. The van der Waals surface area contributed by atoms with E-state index in [-0.39, 0.29) is 35.7 Å². The van der Waals surface area contributed by atoms with Crippen LogP contribution >= 0.6 is 9.24 Å². The van der Waals surface area contributed by atoms with Crippen LogP contribution in [0.3, 0.4) is 0 Å². The molecule has 0 radical (unpaired) electrons. The molecule has 1 saturated carbocycles. The van der Waals surface area contributed by atoms with Crippen molar-refractivity contribution in [2.24, 2.45) is 28.9 Å². The fourth-order valence-electron chi connectivity index (χ4n) is 1.73. The Bertz CT molecular complexity index is 107. The first-order chi connectivity index (χ1) is 5.46. The minimum Gasteiger partial charge on any atom is -0.327 e. The summed E-state index contributed by atoms with van der Waals surface area (Å²) in [7, 11) is 2.66. The van der Waals surface area contributed by atoms with Gasteiger partial charge in [0.1, 0.15) is 0 Å². The van der Waals surface area contributed by atoms with Crippen LogP contribution in [-0.4, -0.2) is 29.8 Å². The predicted octanol–water partition coefficient (Wildman–Crippen LogP) is -1.81. The first-order valence-corrected chi connectivity index (χ1v) is 4.91. The number of rotatable bonds is 0. The van der Waals surface area contributed by atoms with Gasteiger partial charge in [-0.15, -0.1) is 9.24 Å². The summed E-state index contributed by atoms with van der Waals surface area (Å²) < 4.78 is 0. The van der Waals surface area contributed by atoms with Crippen molar-refractivity contribution >= 4 is 9.24 Å². The zero-order valence-electron chi connectivity index (χ0n) is 7.35. The highest BCUT2D eigenvalue weighted by Gasteiger charge is 2.40. The molecule has 5 heteroatoms. The molecule has 0 aromatic rings. The van der Waals surface area contributed by atoms with Crippen molar-refractivity contribution in [1.82, 2.24) is 0 Å². The van der Waals surface area contributed by atoms with Gasteiger partial charge in [0.05, 0.1) is 0 Å². The van der Waals surface area contributed by atoms with Crippen LogP contribution in [0.25, 0.3) is 0 Å². The van der Waals surface area contributed by atoms with Crippen LogP contribution in [0.4, 0.5) is 0 Å². The smallest absolute Gasteiger partial charge is 0.0356 e. The molecule has 72 valence electrons. The van der Waals surface area contributed by atoms with Crippen molar-refractivity contribution in [2.75, 3.05) is 0 Å². The Hall–Kier alpha value is 0.270. The van der Waals surface area contributed by atoms with Gasteiger partial charge in [-0.25, -0.2) is 0 Å². The molecule has 12 heavy (non-hydrogen) atoms. The predicted molar refractivity (Wildman–Crippen MR) is 54.6 cm³/mol. The number of hydrogen-bond acceptors (Lipinski definition) is 4. The van der Waals surface area contributed by atoms with E-state index in [2.05, 4.69) is 9.24 Å². The van der Waals surface area contributed by atoms with Crippen molar-refractivity contribution < 1.29 is 0 Å². The molecular weight excluding hydrogens is 171 g/mol. The molecule has 0 aliphatic heterocycles. The molecule has 0 aromatic heterocycles. The second kappa shape index (κ2) is 3.56. The van der Waals surface area contributed by atoms with Gasteiger partial charge in [0.25, 0.3) is 0 Å². The topological polar surface area (TPSA) is 104 Å². The zero-order chi connectivity index (χ0) is 9.46. The van der Waals surface area contributed by atoms with Crippen molar-refractivity contribution in [2.45, 2.75) is 36.8 Å². The zero-order valence-corrected chi connectivity index (χ0v) is 8.51. The van der Waals surface area contributed by atoms with E-state index in [1.807, 2.05) is 6.92 Å². The Morgan fingerprint density at radius 3 is 1.83 bits per heavy atom. The van der Waals surface area contributed by atoms with Gasteiger partial charge >= 0.3 is 0 Å². The van der Waals surface area contributed by atoms with Crippen LogP contribution in [0.15, 0.2) is 0 Å². The van der Waals surface area contributed by atoms with E-state index in [1.165, 1.54) is 0 Å². The highest BCUT2D eigenvalue weighted by atomic mass is 31.0. The molecule has 7 atom stereocenters. The largest absolute Gasteiger partial charge is 0.327 e. The summed E-state index contributed by atoms with van der Waals surface area (Å²) in [5.41, 5.74) is 23.7. The molecule has 0 amide bonds. The molecule has 0 spiro atoms. The fourth-order valence-corrected chi connectivity index (χ4v) is 2.33. The molecule has 7 unspecified atom stereocenters. The van der Waals surface area contributed by atoms with Crippen LogP contribution in [0, 0.1) is 5.92 Å². The van der Waals surface area contributed by atoms with Crippen molar-refractivity contribution in [3.05, 3.63) is 0 Å². The highest BCUT2D eigenvalue weighted by Crippen LogP contribution is 2.26. The van der Waals surface area contributed by atoms with Crippen LogP contribution < -0.4 is 22.9 Å². The third-order valence-corrected chi connectivity index (χ3v) is 3.88. The van der Waals surface area contributed by atoms with Gasteiger partial charge in [0.15, 0.2) is 0 Å². The summed E-state index contributed by atoms with van der Waals surface area (Å²) in [5, 5.41) is 0. The second-order valence-electron chi connectivity index (χ2n) is 3.75. The van der Waals surface area contributed by atoms with E-state index in [9.17, 15) is 0 Å². The lowest BCUT2D eigenvalue weighted by molar-refractivity contribution is 0.237. The number of nitrogens with two attached hydrogens (primary N) is 4. The van der Waals surface area contributed by atoms with Crippen LogP contribution in [0.1, 0.15) is 6.92 Å². The molecule has 0 aromatic carbocycles. The van der Waals surface area contributed by atoms with Gasteiger partial charge in [-0.05, 0) is 5.92 Å². The highest BCUT2D eigenvalue weighted by molar-refractivity contribution is 7.17. The lowest BCUT2D eigenvalue weighted by atomic mass is 9.76. The lowest BCUT2D eigenvalue weighted by Gasteiger charge is -2.44. The Kier molecular flexibility index (Phi) is 3.07. The standard InChI is InChI=1S/C7H19N4P/c1-2-3(8)5(10)6(11)7(12)4(2)9/h2-7H,8-12H2,1H3. The molecule has 1 aliphatic carbocycles. The first-order valence-electron chi connectivity index (χ1n) is 4.24. The SMILES string of the molecule is CC1C(N)C(N)C(N)C(P)C1N. The van der Waals surface area contributed by atoms with Gasteiger partial charge in [-0.2, -0.15) is 0 Å². The summed E-state index contributed by atoms with van der Waals surface area (Å²) in [6.45, 7) is 2.03. The molecule has 8 N–H and O–H groups in total. The summed E-state index contributed by atoms with van der Waals surface area (Å²) in [5.74, 6) is 0.238. The Morgan fingerprint density at radius 1 is 0.833 bits per heavy atom. The van der Waals surface area contributed by atoms with E-state index >= 15 is 0 Å². The summed E-state index contributed by atoms with van der Waals surface area (Å²) >= 11 is 0. The fraction of sp³-hybridized carbons (Fsp3) is 1.00. The van der Waals surface area contributed by atoms with E-state index in [1.54, 1.807) is 0 Å². The molecule has 1 fully saturated rings. The lowest BCUT2D eigenvalue weighted by Crippen LogP contribution is -2.69. The van der Waals surface area contributed by atoms with Crippen molar-refractivity contribution in [3.8, 4) is 0 Å². The normalized spacial score (nSPS) is 55.5. The Balaban J connectivity index is 2.76. The Labute approximate surface area is 75.6 Å².